The zero-order chi connectivity index (χ0) is 25.9. The summed E-state index contributed by atoms with van der Waals surface area (Å²) >= 11 is 0. The van der Waals surface area contributed by atoms with E-state index >= 15 is 0 Å². The van der Waals surface area contributed by atoms with Crippen molar-refractivity contribution in [2.45, 2.75) is 38.3 Å². The second-order valence-electron chi connectivity index (χ2n) is 9.20. The number of aromatic nitrogens is 1. The lowest BCUT2D eigenvalue weighted by molar-refractivity contribution is -0.127. The molecule has 0 unspecified atom stereocenters. The molecule has 2 atom stereocenters. The number of pyridine rings is 1. The van der Waals surface area contributed by atoms with Crippen LogP contribution in [0.25, 0.3) is 11.1 Å². The monoisotopic (exact) mass is 515 g/mol. The number of primary amides is 1. The van der Waals surface area contributed by atoms with Crippen molar-refractivity contribution in [3.05, 3.63) is 83.7 Å². The predicted octanol–water partition coefficient (Wildman–Crippen LogP) is 3.72. The molecule has 1 fully saturated rings. The van der Waals surface area contributed by atoms with Crippen molar-refractivity contribution in [3.8, 4) is 16.9 Å². The van der Waals surface area contributed by atoms with Crippen LogP contribution in [0.1, 0.15) is 30.5 Å². The second-order valence-corrected chi connectivity index (χ2v) is 11.0. The molecule has 0 radical (unpaired) electrons. The maximum atomic E-state index is 14.9. The van der Waals surface area contributed by atoms with E-state index in [0.717, 1.165) is 18.0 Å². The fourth-order valence-electron chi connectivity index (χ4n) is 4.73. The number of halogens is 2. The first-order chi connectivity index (χ1) is 17.1. The van der Waals surface area contributed by atoms with Crippen molar-refractivity contribution in [1.29, 1.82) is 0 Å². The number of carbonyl (C=O) groups is 1. The zero-order valence-corrected chi connectivity index (χ0v) is 20.5. The van der Waals surface area contributed by atoms with Gasteiger partial charge in [-0.2, -0.15) is 0 Å². The van der Waals surface area contributed by atoms with Crippen LogP contribution >= 0.6 is 0 Å². The number of hydrogen-bond acceptors (Lipinski definition) is 5. The lowest BCUT2D eigenvalue weighted by atomic mass is 9.80. The third-order valence-electron chi connectivity index (χ3n) is 6.43. The van der Waals surface area contributed by atoms with Gasteiger partial charge >= 0.3 is 0 Å². The van der Waals surface area contributed by atoms with Crippen molar-refractivity contribution >= 4 is 15.9 Å². The van der Waals surface area contributed by atoms with Gasteiger partial charge in [-0.05, 0) is 37.0 Å². The van der Waals surface area contributed by atoms with Gasteiger partial charge in [0.1, 0.15) is 12.4 Å². The molecule has 0 aliphatic heterocycles. The molecule has 1 aliphatic rings. The van der Waals surface area contributed by atoms with Gasteiger partial charge in [0.2, 0.25) is 15.9 Å². The van der Waals surface area contributed by atoms with Gasteiger partial charge in [0.05, 0.1) is 17.9 Å². The number of nitrogens with one attached hydrogen (secondary N) is 1. The summed E-state index contributed by atoms with van der Waals surface area (Å²) in [6.07, 6.45) is 3.16. The molecular formula is C26H27F2N3O4S. The molecule has 190 valence electrons. The largest absolute Gasteiger partial charge is 0.485 e. The molecule has 4 rings (SSSR count). The molecule has 0 saturated heterocycles. The van der Waals surface area contributed by atoms with E-state index in [-0.39, 0.29) is 36.3 Å². The van der Waals surface area contributed by atoms with Crippen LogP contribution in [0.3, 0.4) is 0 Å². The molecule has 0 spiro atoms. The average Bonchev–Trinajstić information content (AvgIpc) is 3.22. The van der Waals surface area contributed by atoms with E-state index in [1.165, 1.54) is 18.2 Å². The molecule has 1 amide bonds. The molecule has 2 aromatic carbocycles. The molecule has 36 heavy (non-hydrogen) atoms. The summed E-state index contributed by atoms with van der Waals surface area (Å²) in [5.41, 5.74) is 6.18. The lowest BCUT2D eigenvalue weighted by Gasteiger charge is -2.25. The van der Waals surface area contributed by atoms with E-state index in [0.29, 0.717) is 18.5 Å². The third-order valence-corrected chi connectivity index (χ3v) is 7.19. The number of nitrogens with zero attached hydrogens (tertiary/aromatic N) is 1. The minimum absolute atomic E-state index is 0.0750. The first-order valence-electron chi connectivity index (χ1n) is 11.4. The number of rotatable bonds is 9. The normalized spacial score (nSPS) is 19.8. The molecule has 3 aromatic rings. The number of ether oxygens (including phenoxy) is 1. The number of hydrogen-bond donors (Lipinski definition) is 2. The van der Waals surface area contributed by atoms with Crippen LogP contribution in [-0.4, -0.2) is 31.6 Å². The third kappa shape index (κ3) is 5.88. The number of amides is 1. The Hall–Kier alpha value is -3.37. The molecule has 1 heterocycles. The Bertz CT molecular complexity index is 1370. The fraction of sp³-hybridized carbons (Fsp3) is 0.308. The number of nitrogens with two attached hydrogens (primary N) is 1. The lowest BCUT2D eigenvalue weighted by Crippen LogP contribution is -2.40. The Morgan fingerprint density at radius 2 is 1.89 bits per heavy atom. The Kier molecular flexibility index (Phi) is 7.37. The number of sulfonamides is 1. The number of benzene rings is 2. The summed E-state index contributed by atoms with van der Waals surface area (Å²) in [7, 11) is -3.46. The van der Waals surface area contributed by atoms with Crippen molar-refractivity contribution in [2.75, 3.05) is 6.26 Å². The van der Waals surface area contributed by atoms with E-state index in [2.05, 4.69) is 9.71 Å². The van der Waals surface area contributed by atoms with Crippen molar-refractivity contribution < 1.29 is 26.7 Å². The highest BCUT2D eigenvalue weighted by molar-refractivity contribution is 7.88. The van der Waals surface area contributed by atoms with E-state index in [1.807, 2.05) is 30.3 Å². The Morgan fingerprint density at radius 1 is 1.14 bits per heavy atom. The second kappa shape index (κ2) is 10.3. The van der Waals surface area contributed by atoms with E-state index in [9.17, 15) is 22.0 Å². The van der Waals surface area contributed by atoms with E-state index in [1.54, 1.807) is 6.07 Å². The summed E-state index contributed by atoms with van der Waals surface area (Å²) in [5, 5.41) is 0. The molecule has 1 aliphatic carbocycles. The van der Waals surface area contributed by atoms with Gasteiger partial charge in [-0.25, -0.2) is 21.9 Å². The van der Waals surface area contributed by atoms with Gasteiger partial charge in [-0.15, -0.1) is 0 Å². The highest BCUT2D eigenvalue weighted by Crippen LogP contribution is 2.42. The van der Waals surface area contributed by atoms with Crippen LogP contribution in [0.5, 0.6) is 5.75 Å². The van der Waals surface area contributed by atoms with Crippen LogP contribution in [0.4, 0.5) is 8.78 Å². The summed E-state index contributed by atoms with van der Waals surface area (Å²) in [6, 6.07) is 14.5. The van der Waals surface area contributed by atoms with Gasteiger partial charge in [-0.3, -0.25) is 9.78 Å². The molecule has 1 aromatic heterocycles. The average molecular weight is 516 g/mol. The quantitative estimate of drug-likeness (QED) is 0.451. The maximum Gasteiger partial charge on any atom is 0.224 e. The molecule has 1 saturated carbocycles. The van der Waals surface area contributed by atoms with Crippen LogP contribution in [0.15, 0.2) is 60.8 Å². The van der Waals surface area contributed by atoms with Crippen molar-refractivity contribution in [2.24, 2.45) is 11.1 Å². The molecule has 3 N–H and O–H groups in total. The van der Waals surface area contributed by atoms with Gasteiger partial charge in [-0.1, -0.05) is 42.5 Å². The molecule has 10 heteroatoms. The number of para-hydroxylation sites is 1. The molecular weight excluding hydrogens is 488 g/mol. The topological polar surface area (TPSA) is 111 Å². The minimum Gasteiger partial charge on any atom is -0.485 e. The predicted molar refractivity (Wildman–Crippen MR) is 131 cm³/mol. The van der Waals surface area contributed by atoms with Crippen molar-refractivity contribution in [3.63, 3.8) is 0 Å². The zero-order valence-electron chi connectivity index (χ0n) is 19.7. The highest BCUT2D eigenvalue weighted by Gasteiger charge is 2.45. The van der Waals surface area contributed by atoms with Gasteiger partial charge in [0.25, 0.3) is 0 Å². The van der Waals surface area contributed by atoms with Crippen LogP contribution in [0, 0.1) is 17.0 Å². The first kappa shape index (κ1) is 25.7. The summed E-state index contributed by atoms with van der Waals surface area (Å²) in [6.45, 7) is 0.0911. The Morgan fingerprint density at radius 3 is 2.58 bits per heavy atom. The number of carbonyl (C=O) groups excluding carboxylic acids is 1. The smallest absolute Gasteiger partial charge is 0.224 e. The SMILES string of the molecule is CS(=O)(=O)N[C@H]1CC[C@](Cc2cc(-c3cccc(F)c3OCc3ccccc3)c(F)cn2)(C(N)=O)C1. The highest BCUT2D eigenvalue weighted by atomic mass is 32.2. The summed E-state index contributed by atoms with van der Waals surface area (Å²) < 4.78 is 61.3. The fourth-order valence-corrected chi connectivity index (χ4v) is 5.54. The van der Waals surface area contributed by atoms with Crippen LogP contribution in [-0.2, 0) is 27.8 Å². The van der Waals surface area contributed by atoms with Crippen LogP contribution < -0.4 is 15.2 Å². The van der Waals surface area contributed by atoms with E-state index < -0.39 is 39.0 Å². The minimum atomic E-state index is -3.46. The summed E-state index contributed by atoms with van der Waals surface area (Å²) in [5.74, 6) is -1.99. The van der Waals surface area contributed by atoms with Gasteiger partial charge in [0.15, 0.2) is 11.6 Å². The maximum absolute atomic E-state index is 14.9. The standard InChI is InChI=1S/C26H27F2N3O4S/c1-36(33,34)31-18-10-11-26(13-18,25(29)32)14-19-12-21(23(28)15-30-19)20-8-5-9-22(27)24(20)35-16-17-6-3-2-4-7-17/h2-9,12,15,18,31H,10-11,13-14,16H2,1H3,(H2,29,32)/t18-,26-/m0/s1. The summed E-state index contributed by atoms with van der Waals surface area (Å²) in [4.78, 5) is 16.6. The van der Waals surface area contributed by atoms with Gasteiger partial charge < -0.3 is 10.5 Å². The molecule has 0 bridgehead atoms. The van der Waals surface area contributed by atoms with Crippen molar-refractivity contribution in [1.82, 2.24) is 9.71 Å². The Labute approximate surface area is 208 Å². The Balaban J connectivity index is 1.63. The first-order valence-corrected chi connectivity index (χ1v) is 13.3. The molecule has 7 nitrogen and oxygen atoms in total. The van der Waals surface area contributed by atoms with Crippen LogP contribution in [0.2, 0.25) is 0 Å². The van der Waals surface area contributed by atoms with E-state index in [4.69, 9.17) is 10.5 Å². The van der Waals surface area contributed by atoms with Gasteiger partial charge in [0, 0.05) is 29.3 Å².